The van der Waals surface area contributed by atoms with Gasteiger partial charge in [0, 0.05) is 21.3 Å². The quantitative estimate of drug-likeness (QED) is 0.313. The molecule has 0 saturated heterocycles. The van der Waals surface area contributed by atoms with Crippen molar-refractivity contribution in [1.29, 1.82) is 0 Å². The Bertz CT molecular complexity index is 1290. The predicted molar refractivity (Wildman–Crippen MR) is 122 cm³/mol. The number of fused-ring (bicyclic) bond motifs is 1. The normalized spacial score (nSPS) is 11.3. The maximum Gasteiger partial charge on any atom is 0.196 e. The largest absolute Gasteiger partial charge is 0.341 e. The lowest BCUT2D eigenvalue weighted by Gasteiger charge is -2.10. The van der Waals surface area contributed by atoms with E-state index in [1.165, 1.54) is 0 Å². The first-order valence-corrected chi connectivity index (χ1v) is 11.0. The van der Waals surface area contributed by atoms with Crippen LogP contribution in [0.25, 0.3) is 28.1 Å². The minimum atomic E-state index is 0.635. The third-order valence-corrected chi connectivity index (χ3v) is 6.00. The van der Waals surface area contributed by atoms with Gasteiger partial charge in [0.15, 0.2) is 11.0 Å². The molecule has 2 aromatic heterocycles. The molecule has 0 fully saturated rings. The Morgan fingerprint density at radius 2 is 1.70 bits per heavy atom. The van der Waals surface area contributed by atoms with Crippen LogP contribution in [0, 0.1) is 0 Å². The summed E-state index contributed by atoms with van der Waals surface area (Å²) >= 11 is 13.9. The molecule has 8 heteroatoms. The second kappa shape index (κ2) is 8.14. The summed E-state index contributed by atoms with van der Waals surface area (Å²) in [6.07, 6.45) is 0. The lowest BCUT2D eigenvalue weighted by Crippen LogP contribution is -2.00. The number of thioether (sulfide) groups is 1. The average molecular weight is 452 g/mol. The summed E-state index contributed by atoms with van der Waals surface area (Å²) in [5.74, 6) is 2.23. The molecule has 0 saturated carbocycles. The van der Waals surface area contributed by atoms with Gasteiger partial charge in [0.1, 0.15) is 5.82 Å². The van der Waals surface area contributed by atoms with Crippen LogP contribution in [0.3, 0.4) is 0 Å². The average Bonchev–Trinajstić information content (AvgIpc) is 3.36. The fourth-order valence-corrected chi connectivity index (χ4v) is 4.35. The van der Waals surface area contributed by atoms with Crippen LogP contribution in [-0.4, -0.2) is 24.7 Å². The molecule has 5 aromatic rings. The van der Waals surface area contributed by atoms with E-state index in [0.717, 1.165) is 33.3 Å². The van der Waals surface area contributed by atoms with Gasteiger partial charge in [-0.25, -0.2) is 4.98 Å². The molecular weight excluding hydrogens is 437 g/mol. The Kier molecular flexibility index (Phi) is 5.21. The number of rotatable bonds is 5. The fraction of sp³-hybridized carbons (Fsp3) is 0.0455. The molecule has 0 atom stereocenters. The van der Waals surface area contributed by atoms with E-state index in [0.29, 0.717) is 21.6 Å². The number of H-pyrrole nitrogens is 1. The van der Waals surface area contributed by atoms with Crippen LogP contribution in [0.15, 0.2) is 78.0 Å². The summed E-state index contributed by atoms with van der Waals surface area (Å²) in [6, 6.07) is 23.2. The van der Waals surface area contributed by atoms with E-state index in [9.17, 15) is 0 Å². The van der Waals surface area contributed by atoms with Crippen LogP contribution >= 0.6 is 35.0 Å². The van der Waals surface area contributed by atoms with E-state index >= 15 is 0 Å². The van der Waals surface area contributed by atoms with Gasteiger partial charge in [0.25, 0.3) is 0 Å². The monoisotopic (exact) mass is 451 g/mol. The number of para-hydroxylation sites is 2. The molecule has 148 valence electrons. The van der Waals surface area contributed by atoms with Crippen LogP contribution in [-0.2, 0) is 5.75 Å². The number of aromatic nitrogens is 5. The number of imidazole rings is 1. The van der Waals surface area contributed by atoms with Crippen molar-refractivity contribution in [1.82, 2.24) is 24.7 Å². The molecule has 3 aromatic carbocycles. The zero-order valence-electron chi connectivity index (χ0n) is 15.6. The predicted octanol–water partition coefficient (Wildman–Crippen LogP) is 6.41. The summed E-state index contributed by atoms with van der Waals surface area (Å²) in [5.41, 5.74) is 3.78. The Morgan fingerprint density at radius 1 is 0.867 bits per heavy atom. The Hall–Kier alpha value is -2.80. The third-order valence-electron chi connectivity index (χ3n) is 4.58. The second-order valence-corrected chi connectivity index (χ2v) is 8.43. The van der Waals surface area contributed by atoms with Crippen molar-refractivity contribution in [3.8, 4) is 17.1 Å². The first kappa shape index (κ1) is 19.2. The highest BCUT2D eigenvalue weighted by Gasteiger charge is 2.17. The second-order valence-electron chi connectivity index (χ2n) is 6.62. The molecule has 0 radical (unpaired) electrons. The van der Waals surface area contributed by atoms with Crippen molar-refractivity contribution in [2.45, 2.75) is 10.9 Å². The molecule has 0 unspecified atom stereocenters. The van der Waals surface area contributed by atoms with E-state index in [4.69, 9.17) is 23.2 Å². The van der Waals surface area contributed by atoms with E-state index in [1.54, 1.807) is 11.8 Å². The van der Waals surface area contributed by atoms with Crippen molar-refractivity contribution >= 4 is 46.0 Å². The van der Waals surface area contributed by atoms with Gasteiger partial charge in [-0.1, -0.05) is 59.2 Å². The molecule has 0 bridgehead atoms. The zero-order chi connectivity index (χ0) is 20.5. The van der Waals surface area contributed by atoms with Crippen molar-refractivity contribution in [3.63, 3.8) is 0 Å². The third kappa shape index (κ3) is 3.81. The fourth-order valence-electron chi connectivity index (χ4n) is 3.21. The molecule has 0 amide bonds. The molecule has 0 aliphatic heterocycles. The van der Waals surface area contributed by atoms with Crippen molar-refractivity contribution < 1.29 is 0 Å². The van der Waals surface area contributed by atoms with Gasteiger partial charge >= 0.3 is 0 Å². The molecule has 0 aliphatic rings. The molecule has 30 heavy (non-hydrogen) atoms. The SMILES string of the molecule is Clc1ccc(-n2c(SCc3nc4ccccc4[nH]3)nnc2-c2cccc(Cl)c2)cc1. The van der Waals surface area contributed by atoms with Crippen molar-refractivity contribution in [2.24, 2.45) is 0 Å². The van der Waals surface area contributed by atoms with Gasteiger partial charge < -0.3 is 4.98 Å². The standard InChI is InChI=1S/C22H15Cl2N5S/c23-15-8-10-17(11-9-15)29-21(14-4-3-5-16(24)12-14)27-28-22(29)30-13-20-25-18-6-1-2-7-19(18)26-20/h1-12H,13H2,(H,25,26). The molecule has 5 nitrogen and oxygen atoms in total. The van der Waals surface area contributed by atoms with Crippen LogP contribution in [0.2, 0.25) is 10.0 Å². The lowest BCUT2D eigenvalue weighted by atomic mass is 10.2. The molecule has 0 aliphatic carbocycles. The first-order valence-electron chi connectivity index (χ1n) is 9.21. The maximum absolute atomic E-state index is 6.21. The minimum Gasteiger partial charge on any atom is -0.341 e. The molecular formula is C22H15Cl2N5S. The van der Waals surface area contributed by atoms with Crippen molar-refractivity contribution in [3.05, 3.63) is 88.7 Å². The van der Waals surface area contributed by atoms with Crippen LogP contribution < -0.4 is 0 Å². The number of halogens is 2. The van der Waals surface area contributed by atoms with Gasteiger partial charge in [-0.3, -0.25) is 4.57 Å². The molecule has 2 heterocycles. The van der Waals surface area contributed by atoms with Crippen LogP contribution in [0.5, 0.6) is 0 Å². The summed E-state index contributed by atoms with van der Waals surface area (Å²) in [4.78, 5) is 8.00. The number of hydrogen-bond acceptors (Lipinski definition) is 4. The van der Waals surface area contributed by atoms with Gasteiger partial charge in [-0.15, -0.1) is 10.2 Å². The first-order chi connectivity index (χ1) is 14.7. The van der Waals surface area contributed by atoms with Gasteiger partial charge in [0.05, 0.1) is 16.8 Å². The van der Waals surface area contributed by atoms with Gasteiger partial charge in [-0.05, 0) is 48.5 Å². The molecule has 0 spiro atoms. The highest BCUT2D eigenvalue weighted by molar-refractivity contribution is 7.98. The van der Waals surface area contributed by atoms with E-state index in [2.05, 4.69) is 20.2 Å². The Balaban J connectivity index is 1.53. The van der Waals surface area contributed by atoms with E-state index in [-0.39, 0.29) is 0 Å². The van der Waals surface area contributed by atoms with Crippen molar-refractivity contribution in [2.75, 3.05) is 0 Å². The summed E-state index contributed by atoms with van der Waals surface area (Å²) in [7, 11) is 0. The maximum atomic E-state index is 6.21. The number of aromatic amines is 1. The number of hydrogen-bond donors (Lipinski definition) is 1. The van der Waals surface area contributed by atoms with Crippen LogP contribution in [0.1, 0.15) is 5.82 Å². The summed E-state index contributed by atoms with van der Waals surface area (Å²) < 4.78 is 2.01. The minimum absolute atomic E-state index is 0.635. The topological polar surface area (TPSA) is 59.4 Å². The molecule has 5 rings (SSSR count). The zero-order valence-corrected chi connectivity index (χ0v) is 17.9. The Labute approximate surface area is 187 Å². The number of nitrogens with zero attached hydrogens (tertiary/aromatic N) is 4. The smallest absolute Gasteiger partial charge is 0.196 e. The summed E-state index contributed by atoms with van der Waals surface area (Å²) in [6.45, 7) is 0. The summed E-state index contributed by atoms with van der Waals surface area (Å²) in [5, 5.41) is 11.0. The van der Waals surface area contributed by atoms with Gasteiger partial charge in [-0.2, -0.15) is 0 Å². The highest BCUT2D eigenvalue weighted by Crippen LogP contribution is 2.31. The highest BCUT2D eigenvalue weighted by atomic mass is 35.5. The van der Waals surface area contributed by atoms with Crippen LogP contribution in [0.4, 0.5) is 0 Å². The number of nitrogens with one attached hydrogen (secondary N) is 1. The molecule has 1 N–H and O–H groups in total. The Morgan fingerprint density at radius 3 is 2.50 bits per heavy atom. The van der Waals surface area contributed by atoms with E-state index in [1.807, 2.05) is 77.4 Å². The number of benzene rings is 3. The van der Waals surface area contributed by atoms with Gasteiger partial charge in [0.2, 0.25) is 0 Å². The lowest BCUT2D eigenvalue weighted by molar-refractivity contribution is 0.884. The van der Waals surface area contributed by atoms with E-state index < -0.39 is 0 Å².